The van der Waals surface area contributed by atoms with E-state index in [0.717, 1.165) is 11.3 Å². The third-order valence-electron chi connectivity index (χ3n) is 3.01. The highest BCUT2D eigenvalue weighted by atomic mass is 16.5. The van der Waals surface area contributed by atoms with Crippen molar-refractivity contribution in [1.29, 1.82) is 0 Å². The molecule has 20 heavy (non-hydrogen) atoms. The molecule has 2 aromatic rings. The van der Waals surface area contributed by atoms with Gasteiger partial charge in [0.15, 0.2) is 0 Å². The molecule has 4 nitrogen and oxygen atoms in total. The Morgan fingerprint density at radius 1 is 1.30 bits per heavy atom. The van der Waals surface area contributed by atoms with Crippen molar-refractivity contribution >= 4 is 5.97 Å². The van der Waals surface area contributed by atoms with Crippen LogP contribution >= 0.6 is 0 Å². The van der Waals surface area contributed by atoms with Gasteiger partial charge in [-0.2, -0.15) is 0 Å². The van der Waals surface area contributed by atoms with E-state index in [4.69, 9.17) is 4.74 Å². The molecule has 0 saturated carbocycles. The zero-order valence-corrected chi connectivity index (χ0v) is 11.3. The summed E-state index contributed by atoms with van der Waals surface area (Å²) in [5, 5.41) is 9.44. The second-order valence-corrected chi connectivity index (χ2v) is 4.42. The number of hydrogen-bond donors (Lipinski definition) is 1. The van der Waals surface area contributed by atoms with Crippen LogP contribution in [0.1, 0.15) is 24.1 Å². The van der Waals surface area contributed by atoms with Gasteiger partial charge >= 0.3 is 5.97 Å². The first-order valence-electron chi connectivity index (χ1n) is 6.56. The molecule has 1 heterocycles. The summed E-state index contributed by atoms with van der Waals surface area (Å²) in [7, 11) is 0. The minimum atomic E-state index is -0.857. The summed E-state index contributed by atoms with van der Waals surface area (Å²) in [6, 6.07) is 12.7. The SMILES string of the molecule is CCOc1cccc(C(Cc2ccccn2)C(=O)O)c1. The molecule has 1 unspecified atom stereocenters. The maximum absolute atomic E-state index is 11.5. The third kappa shape index (κ3) is 3.57. The highest BCUT2D eigenvalue weighted by Crippen LogP contribution is 2.24. The molecule has 0 amide bonds. The van der Waals surface area contributed by atoms with E-state index in [1.165, 1.54) is 0 Å². The number of rotatable bonds is 6. The van der Waals surface area contributed by atoms with Gasteiger partial charge < -0.3 is 9.84 Å². The summed E-state index contributed by atoms with van der Waals surface area (Å²) in [6.45, 7) is 2.46. The summed E-state index contributed by atoms with van der Waals surface area (Å²) >= 11 is 0. The van der Waals surface area contributed by atoms with Gasteiger partial charge in [0.1, 0.15) is 5.75 Å². The first kappa shape index (κ1) is 14.1. The van der Waals surface area contributed by atoms with Crippen LogP contribution in [0, 0.1) is 0 Å². The van der Waals surface area contributed by atoms with Crippen LogP contribution in [-0.4, -0.2) is 22.7 Å². The van der Waals surface area contributed by atoms with E-state index in [1.807, 2.05) is 43.3 Å². The van der Waals surface area contributed by atoms with Crippen molar-refractivity contribution in [3.05, 3.63) is 59.9 Å². The van der Waals surface area contributed by atoms with E-state index in [1.54, 1.807) is 12.3 Å². The van der Waals surface area contributed by atoms with Gasteiger partial charge in [-0.1, -0.05) is 18.2 Å². The molecule has 1 aromatic carbocycles. The van der Waals surface area contributed by atoms with Crippen molar-refractivity contribution in [1.82, 2.24) is 4.98 Å². The predicted molar refractivity (Wildman–Crippen MR) is 75.9 cm³/mol. The minimum absolute atomic E-state index is 0.367. The maximum atomic E-state index is 11.5. The van der Waals surface area contributed by atoms with E-state index in [-0.39, 0.29) is 0 Å². The number of hydrogen-bond acceptors (Lipinski definition) is 3. The first-order valence-corrected chi connectivity index (χ1v) is 6.56. The number of ether oxygens (including phenoxy) is 1. The lowest BCUT2D eigenvalue weighted by Crippen LogP contribution is -2.15. The van der Waals surface area contributed by atoms with Gasteiger partial charge in [0, 0.05) is 18.3 Å². The number of benzene rings is 1. The van der Waals surface area contributed by atoms with Gasteiger partial charge in [-0.05, 0) is 36.8 Å². The summed E-state index contributed by atoms with van der Waals surface area (Å²) < 4.78 is 5.42. The number of pyridine rings is 1. The number of aliphatic carboxylic acids is 1. The van der Waals surface area contributed by atoms with Gasteiger partial charge in [-0.25, -0.2) is 0 Å². The summed E-state index contributed by atoms with van der Waals surface area (Å²) in [4.78, 5) is 15.7. The second-order valence-electron chi connectivity index (χ2n) is 4.42. The van der Waals surface area contributed by atoms with E-state index in [9.17, 15) is 9.90 Å². The number of carboxylic acid groups (broad SMARTS) is 1. The normalized spacial score (nSPS) is 11.8. The van der Waals surface area contributed by atoms with Crippen molar-refractivity contribution in [3.63, 3.8) is 0 Å². The molecule has 0 aliphatic rings. The van der Waals surface area contributed by atoms with Crippen LogP contribution in [0.3, 0.4) is 0 Å². The van der Waals surface area contributed by atoms with Crippen molar-refractivity contribution in [2.45, 2.75) is 19.3 Å². The Morgan fingerprint density at radius 2 is 2.15 bits per heavy atom. The molecule has 0 fully saturated rings. The molecule has 0 spiro atoms. The lowest BCUT2D eigenvalue weighted by Gasteiger charge is -2.13. The predicted octanol–water partition coefficient (Wildman–Crippen LogP) is 2.89. The Morgan fingerprint density at radius 3 is 2.80 bits per heavy atom. The number of aromatic nitrogens is 1. The Balaban J connectivity index is 2.24. The van der Waals surface area contributed by atoms with Crippen molar-refractivity contribution in [2.24, 2.45) is 0 Å². The largest absolute Gasteiger partial charge is 0.494 e. The highest BCUT2D eigenvalue weighted by molar-refractivity contribution is 5.76. The van der Waals surface area contributed by atoms with Crippen LogP contribution in [0.4, 0.5) is 0 Å². The third-order valence-corrected chi connectivity index (χ3v) is 3.01. The van der Waals surface area contributed by atoms with Gasteiger partial charge in [0.05, 0.1) is 12.5 Å². The fourth-order valence-corrected chi connectivity index (χ4v) is 2.06. The summed E-state index contributed by atoms with van der Waals surface area (Å²) in [5.41, 5.74) is 1.50. The molecule has 0 bridgehead atoms. The Hall–Kier alpha value is -2.36. The first-order chi connectivity index (χ1) is 9.70. The van der Waals surface area contributed by atoms with Crippen LogP contribution in [0.15, 0.2) is 48.7 Å². The van der Waals surface area contributed by atoms with Crippen molar-refractivity contribution in [3.8, 4) is 5.75 Å². The Bertz CT molecular complexity index is 569. The topological polar surface area (TPSA) is 59.4 Å². The zero-order chi connectivity index (χ0) is 14.4. The average molecular weight is 271 g/mol. The second kappa shape index (κ2) is 6.70. The zero-order valence-electron chi connectivity index (χ0n) is 11.3. The molecule has 1 aromatic heterocycles. The molecule has 2 rings (SSSR count). The van der Waals surface area contributed by atoms with E-state index in [2.05, 4.69) is 4.98 Å². The quantitative estimate of drug-likeness (QED) is 0.877. The van der Waals surface area contributed by atoms with Crippen molar-refractivity contribution < 1.29 is 14.6 Å². The van der Waals surface area contributed by atoms with Gasteiger partial charge in [0.2, 0.25) is 0 Å². The van der Waals surface area contributed by atoms with Gasteiger partial charge in [0.25, 0.3) is 0 Å². The molecule has 0 saturated heterocycles. The number of carbonyl (C=O) groups is 1. The molecule has 1 N–H and O–H groups in total. The van der Waals surface area contributed by atoms with Crippen molar-refractivity contribution in [2.75, 3.05) is 6.61 Å². The van der Waals surface area contributed by atoms with Crippen LogP contribution in [0.25, 0.3) is 0 Å². The summed E-state index contributed by atoms with van der Waals surface area (Å²) in [6.07, 6.45) is 2.04. The molecule has 1 atom stereocenters. The summed E-state index contributed by atoms with van der Waals surface area (Å²) in [5.74, 6) is -0.785. The fraction of sp³-hybridized carbons (Fsp3) is 0.250. The molecule has 104 valence electrons. The highest BCUT2D eigenvalue weighted by Gasteiger charge is 2.21. The van der Waals surface area contributed by atoms with Crippen LogP contribution in [0.2, 0.25) is 0 Å². The monoisotopic (exact) mass is 271 g/mol. The Kier molecular flexibility index (Phi) is 4.71. The molecule has 0 radical (unpaired) electrons. The van der Waals surface area contributed by atoms with E-state index >= 15 is 0 Å². The Labute approximate surface area is 118 Å². The standard InChI is InChI=1S/C16H17NO3/c1-2-20-14-8-5-6-12(10-14)15(16(18)19)11-13-7-3-4-9-17-13/h3-10,15H,2,11H2,1H3,(H,18,19). The average Bonchev–Trinajstić information content (AvgIpc) is 2.46. The lowest BCUT2D eigenvalue weighted by molar-refractivity contribution is -0.138. The maximum Gasteiger partial charge on any atom is 0.311 e. The number of nitrogens with zero attached hydrogens (tertiary/aromatic N) is 1. The smallest absolute Gasteiger partial charge is 0.311 e. The minimum Gasteiger partial charge on any atom is -0.494 e. The van der Waals surface area contributed by atoms with E-state index < -0.39 is 11.9 Å². The molecular weight excluding hydrogens is 254 g/mol. The van der Waals surface area contributed by atoms with Gasteiger partial charge in [-0.15, -0.1) is 0 Å². The molecular formula is C16H17NO3. The fourth-order valence-electron chi connectivity index (χ4n) is 2.06. The van der Waals surface area contributed by atoms with E-state index in [0.29, 0.717) is 18.8 Å². The number of carboxylic acids is 1. The molecule has 4 heteroatoms. The van der Waals surface area contributed by atoms with Crippen LogP contribution in [-0.2, 0) is 11.2 Å². The van der Waals surface area contributed by atoms with Crippen LogP contribution < -0.4 is 4.74 Å². The molecule has 0 aliphatic carbocycles. The lowest BCUT2D eigenvalue weighted by atomic mass is 9.94. The van der Waals surface area contributed by atoms with Crippen LogP contribution in [0.5, 0.6) is 5.75 Å². The van der Waals surface area contributed by atoms with Gasteiger partial charge in [-0.3, -0.25) is 9.78 Å². The molecule has 0 aliphatic heterocycles.